The summed E-state index contributed by atoms with van der Waals surface area (Å²) in [6.45, 7) is 0.976. The summed E-state index contributed by atoms with van der Waals surface area (Å²) in [7, 11) is 0. The first-order chi connectivity index (χ1) is 10.6. The molecule has 2 N–H and O–H groups in total. The SMILES string of the molecule is CC(O)(CNC(=O)c1cc(C(F)(F)F)ccc1F)c1ccco1. The molecule has 1 amide bonds. The molecular formula is C15H13F4NO3. The van der Waals surface area contributed by atoms with Gasteiger partial charge in [0.25, 0.3) is 5.91 Å². The lowest BCUT2D eigenvalue weighted by Crippen LogP contribution is -2.38. The average molecular weight is 331 g/mol. The number of carbonyl (C=O) groups excluding carboxylic acids is 1. The Balaban J connectivity index is 2.15. The van der Waals surface area contributed by atoms with Crippen molar-refractivity contribution in [1.29, 1.82) is 0 Å². The summed E-state index contributed by atoms with van der Waals surface area (Å²) < 4.78 is 56.4. The van der Waals surface area contributed by atoms with Crippen molar-refractivity contribution in [2.75, 3.05) is 6.54 Å². The zero-order valence-corrected chi connectivity index (χ0v) is 11.9. The Bertz CT molecular complexity index is 693. The van der Waals surface area contributed by atoms with Gasteiger partial charge in [-0.3, -0.25) is 4.79 Å². The Hall–Kier alpha value is -2.35. The van der Waals surface area contributed by atoms with Crippen molar-refractivity contribution < 1.29 is 31.9 Å². The molecule has 0 saturated heterocycles. The lowest BCUT2D eigenvalue weighted by molar-refractivity contribution is -0.137. The first kappa shape index (κ1) is 17.0. The Labute approximate surface area is 128 Å². The second-order valence-electron chi connectivity index (χ2n) is 5.13. The number of benzene rings is 1. The van der Waals surface area contributed by atoms with Gasteiger partial charge >= 0.3 is 6.18 Å². The Morgan fingerprint density at radius 3 is 2.57 bits per heavy atom. The number of hydrogen-bond donors (Lipinski definition) is 2. The summed E-state index contributed by atoms with van der Waals surface area (Å²) in [5.74, 6) is -2.00. The topological polar surface area (TPSA) is 62.5 Å². The summed E-state index contributed by atoms with van der Waals surface area (Å²) >= 11 is 0. The number of carbonyl (C=O) groups is 1. The van der Waals surface area contributed by atoms with Gasteiger partial charge in [-0.15, -0.1) is 0 Å². The van der Waals surface area contributed by atoms with E-state index < -0.39 is 34.6 Å². The molecular weight excluding hydrogens is 318 g/mol. The molecule has 1 aromatic heterocycles. The minimum Gasteiger partial charge on any atom is -0.466 e. The summed E-state index contributed by atoms with van der Waals surface area (Å²) in [6.07, 6.45) is -3.37. The van der Waals surface area contributed by atoms with Gasteiger partial charge in [0.15, 0.2) is 0 Å². The Morgan fingerprint density at radius 1 is 1.30 bits per heavy atom. The molecule has 1 atom stereocenters. The number of halogens is 4. The third-order valence-electron chi connectivity index (χ3n) is 3.18. The van der Waals surface area contributed by atoms with Gasteiger partial charge in [-0.05, 0) is 37.3 Å². The minimum absolute atomic E-state index is 0.155. The number of furan rings is 1. The normalized spacial score (nSPS) is 14.3. The van der Waals surface area contributed by atoms with E-state index in [9.17, 15) is 27.5 Å². The van der Waals surface area contributed by atoms with Gasteiger partial charge in [-0.1, -0.05) is 0 Å². The standard InChI is InChI=1S/C15H13F4NO3/c1-14(22,12-3-2-6-23-12)8-20-13(21)10-7-9(15(17,18)19)4-5-11(10)16/h2-7,22H,8H2,1H3,(H,20,21). The molecule has 1 heterocycles. The van der Waals surface area contributed by atoms with E-state index in [0.29, 0.717) is 18.2 Å². The highest BCUT2D eigenvalue weighted by Gasteiger charge is 2.32. The molecule has 0 aliphatic heterocycles. The van der Waals surface area contributed by atoms with E-state index in [4.69, 9.17) is 4.42 Å². The van der Waals surface area contributed by atoms with E-state index in [-0.39, 0.29) is 12.3 Å². The second kappa shape index (κ2) is 6.04. The summed E-state index contributed by atoms with van der Waals surface area (Å²) in [5, 5.41) is 12.3. The zero-order chi connectivity index (χ0) is 17.3. The highest BCUT2D eigenvalue weighted by Crippen LogP contribution is 2.30. The highest BCUT2D eigenvalue weighted by atomic mass is 19.4. The molecule has 0 aliphatic rings. The van der Waals surface area contributed by atoms with Crippen LogP contribution in [0.5, 0.6) is 0 Å². The van der Waals surface area contributed by atoms with Crippen molar-refractivity contribution in [3.63, 3.8) is 0 Å². The van der Waals surface area contributed by atoms with Crippen LogP contribution in [0, 0.1) is 5.82 Å². The van der Waals surface area contributed by atoms with Crippen molar-refractivity contribution in [3.8, 4) is 0 Å². The molecule has 124 valence electrons. The van der Waals surface area contributed by atoms with Gasteiger partial charge in [0.2, 0.25) is 0 Å². The molecule has 1 aromatic carbocycles. The highest BCUT2D eigenvalue weighted by molar-refractivity contribution is 5.94. The van der Waals surface area contributed by atoms with Crippen LogP contribution < -0.4 is 5.32 Å². The first-order valence-electron chi connectivity index (χ1n) is 6.52. The fourth-order valence-electron chi connectivity index (χ4n) is 1.90. The van der Waals surface area contributed by atoms with Crippen molar-refractivity contribution in [2.24, 2.45) is 0 Å². The first-order valence-corrected chi connectivity index (χ1v) is 6.52. The van der Waals surface area contributed by atoms with E-state index in [1.165, 1.54) is 25.3 Å². The lowest BCUT2D eigenvalue weighted by Gasteiger charge is -2.21. The van der Waals surface area contributed by atoms with Gasteiger partial charge in [0.05, 0.1) is 23.9 Å². The molecule has 0 radical (unpaired) electrons. The lowest BCUT2D eigenvalue weighted by atomic mass is 10.0. The van der Waals surface area contributed by atoms with Crippen molar-refractivity contribution in [2.45, 2.75) is 18.7 Å². The van der Waals surface area contributed by atoms with E-state index in [1.54, 1.807) is 0 Å². The third-order valence-corrected chi connectivity index (χ3v) is 3.18. The predicted octanol–water partition coefficient (Wildman–Crippen LogP) is 3.08. The van der Waals surface area contributed by atoms with Crippen LogP contribution >= 0.6 is 0 Å². The van der Waals surface area contributed by atoms with E-state index in [1.807, 2.05) is 0 Å². The monoisotopic (exact) mass is 331 g/mol. The molecule has 23 heavy (non-hydrogen) atoms. The van der Waals surface area contributed by atoms with Crippen molar-refractivity contribution in [1.82, 2.24) is 5.32 Å². The maximum absolute atomic E-state index is 13.6. The van der Waals surface area contributed by atoms with Crippen molar-refractivity contribution in [3.05, 3.63) is 59.3 Å². The number of amides is 1. The van der Waals surface area contributed by atoms with Gasteiger partial charge in [-0.2, -0.15) is 13.2 Å². The molecule has 0 saturated carbocycles. The molecule has 0 fully saturated rings. The van der Waals surface area contributed by atoms with Crippen LogP contribution in [0.25, 0.3) is 0 Å². The van der Waals surface area contributed by atoms with Crippen molar-refractivity contribution >= 4 is 5.91 Å². The Morgan fingerprint density at radius 2 is 2.00 bits per heavy atom. The number of hydrogen-bond acceptors (Lipinski definition) is 3. The van der Waals surface area contributed by atoms with Gasteiger partial charge < -0.3 is 14.8 Å². The van der Waals surface area contributed by atoms with E-state index >= 15 is 0 Å². The molecule has 2 aromatic rings. The third kappa shape index (κ3) is 3.89. The maximum atomic E-state index is 13.6. The molecule has 2 rings (SSSR count). The molecule has 8 heteroatoms. The largest absolute Gasteiger partial charge is 0.466 e. The predicted molar refractivity (Wildman–Crippen MR) is 72.0 cm³/mol. The summed E-state index contributed by atoms with van der Waals surface area (Å²) in [5.41, 5.74) is -3.48. The molecule has 0 spiro atoms. The summed E-state index contributed by atoms with van der Waals surface area (Å²) in [6, 6.07) is 4.54. The van der Waals surface area contributed by atoms with Gasteiger partial charge in [0, 0.05) is 0 Å². The number of aliphatic hydroxyl groups is 1. The van der Waals surface area contributed by atoms with Crippen LogP contribution in [-0.4, -0.2) is 17.6 Å². The fourth-order valence-corrected chi connectivity index (χ4v) is 1.90. The van der Waals surface area contributed by atoms with Crippen LogP contribution in [0.1, 0.15) is 28.6 Å². The van der Waals surface area contributed by atoms with E-state index in [0.717, 1.165) is 0 Å². The minimum atomic E-state index is -4.69. The molecule has 0 aliphatic carbocycles. The zero-order valence-electron chi connectivity index (χ0n) is 11.9. The van der Waals surface area contributed by atoms with Gasteiger partial charge in [0.1, 0.15) is 17.2 Å². The summed E-state index contributed by atoms with van der Waals surface area (Å²) in [4.78, 5) is 11.9. The van der Waals surface area contributed by atoms with Crippen LogP contribution in [0.15, 0.2) is 41.0 Å². The molecule has 4 nitrogen and oxygen atoms in total. The smallest absolute Gasteiger partial charge is 0.416 e. The molecule has 0 bridgehead atoms. The Kier molecular flexibility index (Phi) is 4.46. The van der Waals surface area contributed by atoms with Crippen LogP contribution in [0.2, 0.25) is 0 Å². The average Bonchev–Trinajstić information content (AvgIpc) is 2.99. The van der Waals surface area contributed by atoms with Gasteiger partial charge in [-0.25, -0.2) is 4.39 Å². The fraction of sp³-hybridized carbons (Fsp3) is 0.267. The van der Waals surface area contributed by atoms with Crippen LogP contribution in [0.4, 0.5) is 17.6 Å². The number of nitrogens with one attached hydrogen (secondary N) is 1. The quantitative estimate of drug-likeness (QED) is 0.847. The number of rotatable bonds is 4. The van der Waals surface area contributed by atoms with E-state index in [2.05, 4.69) is 5.32 Å². The van der Waals surface area contributed by atoms with Crippen LogP contribution in [0.3, 0.4) is 0 Å². The second-order valence-corrected chi connectivity index (χ2v) is 5.13. The molecule has 1 unspecified atom stereocenters. The number of alkyl halides is 3. The maximum Gasteiger partial charge on any atom is 0.416 e. The van der Waals surface area contributed by atoms with Crippen LogP contribution in [-0.2, 0) is 11.8 Å².